The Kier molecular flexibility index (Phi) is 4.08. The molecule has 0 aliphatic carbocycles. The number of fused-ring (bicyclic) bond motifs is 1. The van der Waals surface area contributed by atoms with Gasteiger partial charge in [-0.3, -0.25) is 4.79 Å². The number of thioether (sulfide) groups is 1. The van der Waals surface area contributed by atoms with Gasteiger partial charge in [-0.25, -0.2) is 4.79 Å². The van der Waals surface area contributed by atoms with E-state index in [9.17, 15) is 14.7 Å². The molecule has 0 unspecified atom stereocenters. The number of β-lactam (4-membered cyclic amide) rings is 1. The second kappa shape index (κ2) is 5.81. The second-order valence-corrected chi connectivity index (χ2v) is 8.19. The average molecular weight is 345 g/mol. The smallest absolute Gasteiger partial charge is 0.330 e. The van der Waals surface area contributed by atoms with E-state index in [0.717, 1.165) is 5.56 Å². The van der Waals surface area contributed by atoms with Crippen molar-refractivity contribution in [2.75, 3.05) is 0 Å². The molecule has 3 rings (SSSR count). The molecule has 0 bridgehead atoms. The summed E-state index contributed by atoms with van der Waals surface area (Å²) < 4.78 is 4.85. The zero-order chi connectivity index (χ0) is 17.5. The van der Waals surface area contributed by atoms with Gasteiger partial charge in [-0.05, 0) is 19.4 Å². The Morgan fingerprint density at radius 2 is 2.12 bits per heavy atom. The Morgan fingerprint density at radius 3 is 2.75 bits per heavy atom. The topological polar surface area (TPSA) is 66.8 Å². The highest BCUT2D eigenvalue weighted by Crippen LogP contribution is 2.55. The number of benzene rings is 1. The Hall–Kier alpha value is -2.01. The molecular formula is C18H19NO4S. The molecule has 2 fully saturated rings. The normalized spacial score (nSPS) is 30.1. The fraction of sp³-hybridized carbons (Fsp3) is 0.389. The molecule has 0 aromatic heterocycles. The second-order valence-electron chi connectivity index (χ2n) is 6.46. The highest BCUT2D eigenvalue weighted by molar-refractivity contribution is 8.01. The first kappa shape index (κ1) is 16.8. The number of hydrogen-bond donors (Lipinski definition) is 1. The summed E-state index contributed by atoms with van der Waals surface area (Å²) in [4.78, 5) is 26.4. The minimum atomic E-state index is -1.64. The monoisotopic (exact) mass is 345 g/mol. The van der Waals surface area contributed by atoms with Crippen LogP contribution < -0.4 is 0 Å². The lowest BCUT2D eigenvalue weighted by atomic mass is 9.88. The standard InChI is InChI=1S/C18H19NO4S/c1-4-10-18(22)15(21)19-13(17(2,3)24-16(18)19)14(20)23-11-12-8-6-5-7-9-12/h5-10,13,16,22H,1,11H2,2-3H3/t13-,16+,18+/m0/s1. The number of nitrogens with zero attached hydrogens (tertiary/aromatic N) is 1. The van der Waals surface area contributed by atoms with Crippen molar-refractivity contribution in [1.29, 1.82) is 0 Å². The van der Waals surface area contributed by atoms with Gasteiger partial charge < -0.3 is 14.7 Å². The van der Waals surface area contributed by atoms with Crippen molar-refractivity contribution in [1.82, 2.24) is 4.90 Å². The molecule has 0 spiro atoms. The maximum atomic E-state index is 12.6. The van der Waals surface area contributed by atoms with Crippen LogP contribution >= 0.6 is 11.8 Å². The molecule has 1 aromatic rings. The third kappa shape index (κ3) is 2.47. The molecule has 3 atom stereocenters. The average Bonchev–Trinajstić information content (AvgIpc) is 2.83. The molecule has 2 saturated heterocycles. The van der Waals surface area contributed by atoms with Gasteiger partial charge in [-0.15, -0.1) is 17.5 Å². The van der Waals surface area contributed by atoms with Gasteiger partial charge in [0.15, 0.2) is 5.60 Å². The van der Waals surface area contributed by atoms with E-state index in [1.807, 2.05) is 44.2 Å². The van der Waals surface area contributed by atoms with Crippen LogP contribution in [-0.4, -0.2) is 43.6 Å². The lowest BCUT2D eigenvalue weighted by Crippen LogP contribution is -2.72. The van der Waals surface area contributed by atoms with E-state index in [2.05, 4.69) is 12.3 Å². The number of ether oxygens (including phenoxy) is 1. The molecule has 6 heteroatoms. The Labute approximate surface area is 145 Å². The van der Waals surface area contributed by atoms with Gasteiger partial charge in [0.1, 0.15) is 18.0 Å². The van der Waals surface area contributed by atoms with Crippen LogP contribution in [-0.2, 0) is 20.9 Å². The fourth-order valence-electron chi connectivity index (χ4n) is 3.14. The predicted octanol–water partition coefficient (Wildman–Crippen LogP) is 1.86. The molecule has 0 radical (unpaired) electrons. The van der Waals surface area contributed by atoms with E-state index in [1.165, 1.54) is 22.7 Å². The molecule has 1 amide bonds. The Bertz CT molecular complexity index is 726. The summed E-state index contributed by atoms with van der Waals surface area (Å²) >= 11 is 1.38. The SMILES string of the molecule is C=C=C[C@@]1(O)C(=O)N2[C@@H](C(=O)OCc3ccccc3)C(C)(C)S[C@@H]21. The van der Waals surface area contributed by atoms with Gasteiger partial charge in [0, 0.05) is 10.8 Å². The van der Waals surface area contributed by atoms with Gasteiger partial charge in [0.25, 0.3) is 5.91 Å². The highest BCUT2D eigenvalue weighted by Gasteiger charge is 2.70. The molecule has 2 aliphatic heterocycles. The number of carbonyl (C=O) groups excluding carboxylic acids is 2. The van der Waals surface area contributed by atoms with Gasteiger partial charge >= 0.3 is 5.97 Å². The number of amides is 1. The maximum absolute atomic E-state index is 12.6. The number of aliphatic hydroxyl groups is 1. The van der Waals surface area contributed by atoms with E-state index in [4.69, 9.17) is 4.74 Å². The van der Waals surface area contributed by atoms with E-state index in [1.54, 1.807) is 0 Å². The van der Waals surface area contributed by atoms with Crippen LogP contribution in [0.25, 0.3) is 0 Å². The van der Waals surface area contributed by atoms with Crippen LogP contribution in [0.1, 0.15) is 19.4 Å². The summed E-state index contributed by atoms with van der Waals surface area (Å²) in [6.07, 6.45) is 1.26. The summed E-state index contributed by atoms with van der Waals surface area (Å²) in [5.41, 5.74) is 1.71. The summed E-state index contributed by atoms with van der Waals surface area (Å²) in [7, 11) is 0. The number of rotatable bonds is 4. The largest absolute Gasteiger partial charge is 0.459 e. The van der Waals surface area contributed by atoms with Gasteiger partial charge in [-0.1, -0.05) is 36.9 Å². The van der Waals surface area contributed by atoms with Crippen molar-refractivity contribution in [3.05, 3.63) is 54.3 Å². The van der Waals surface area contributed by atoms with Crippen molar-refractivity contribution >= 4 is 23.6 Å². The quantitative estimate of drug-likeness (QED) is 0.513. The van der Waals surface area contributed by atoms with E-state index >= 15 is 0 Å². The van der Waals surface area contributed by atoms with E-state index in [-0.39, 0.29) is 6.61 Å². The highest BCUT2D eigenvalue weighted by atomic mass is 32.2. The number of carbonyl (C=O) groups is 2. The molecule has 2 aliphatic rings. The van der Waals surface area contributed by atoms with Gasteiger partial charge in [0.2, 0.25) is 0 Å². The molecule has 126 valence electrons. The van der Waals surface area contributed by atoms with Crippen LogP contribution in [0, 0.1) is 0 Å². The predicted molar refractivity (Wildman–Crippen MR) is 91.0 cm³/mol. The molecule has 1 aromatic carbocycles. The Balaban J connectivity index is 1.77. The van der Waals surface area contributed by atoms with E-state index < -0.39 is 33.6 Å². The first-order valence-corrected chi connectivity index (χ1v) is 8.50. The molecule has 0 saturated carbocycles. The van der Waals surface area contributed by atoms with Crippen molar-refractivity contribution in [3.63, 3.8) is 0 Å². The zero-order valence-electron chi connectivity index (χ0n) is 13.6. The summed E-state index contributed by atoms with van der Waals surface area (Å²) in [5, 5.41) is 9.94. The molecule has 2 heterocycles. The van der Waals surface area contributed by atoms with Crippen molar-refractivity contribution in [2.24, 2.45) is 0 Å². The summed E-state index contributed by atoms with van der Waals surface area (Å²) in [5.74, 6) is -0.972. The molecule has 1 N–H and O–H groups in total. The summed E-state index contributed by atoms with van der Waals surface area (Å²) in [6.45, 7) is 7.31. The fourth-order valence-corrected chi connectivity index (χ4v) is 4.74. The van der Waals surface area contributed by atoms with Crippen LogP contribution in [0.4, 0.5) is 0 Å². The first-order valence-electron chi connectivity index (χ1n) is 7.62. The maximum Gasteiger partial charge on any atom is 0.330 e. The first-order chi connectivity index (χ1) is 11.3. The van der Waals surface area contributed by atoms with Crippen LogP contribution in [0.2, 0.25) is 0 Å². The van der Waals surface area contributed by atoms with Crippen molar-refractivity contribution in [3.8, 4) is 0 Å². The molecule has 5 nitrogen and oxygen atoms in total. The molecular weight excluding hydrogens is 326 g/mol. The van der Waals surface area contributed by atoms with Crippen LogP contribution in [0.3, 0.4) is 0 Å². The van der Waals surface area contributed by atoms with E-state index in [0.29, 0.717) is 0 Å². The third-order valence-corrected chi connectivity index (χ3v) is 5.97. The third-order valence-electron chi connectivity index (χ3n) is 4.33. The molecule has 24 heavy (non-hydrogen) atoms. The number of hydrogen-bond acceptors (Lipinski definition) is 5. The lowest BCUT2D eigenvalue weighted by Gasteiger charge is -2.48. The zero-order valence-corrected chi connectivity index (χ0v) is 14.4. The minimum Gasteiger partial charge on any atom is -0.459 e. The van der Waals surface area contributed by atoms with Crippen LogP contribution in [0.15, 0.2) is 48.7 Å². The summed E-state index contributed by atoms with van der Waals surface area (Å²) in [6, 6.07) is 8.63. The van der Waals surface area contributed by atoms with Gasteiger partial charge in [-0.2, -0.15) is 0 Å². The Morgan fingerprint density at radius 1 is 1.46 bits per heavy atom. The van der Waals surface area contributed by atoms with Crippen molar-refractivity contribution in [2.45, 2.75) is 42.2 Å². The van der Waals surface area contributed by atoms with Gasteiger partial charge in [0.05, 0.1) is 0 Å². The minimum absolute atomic E-state index is 0.153. The lowest BCUT2D eigenvalue weighted by molar-refractivity contribution is -0.182. The van der Waals surface area contributed by atoms with Crippen molar-refractivity contribution < 1.29 is 19.4 Å². The number of esters is 1. The van der Waals surface area contributed by atoms with Crippen LogP contribution in [0.5, 0.6) is 0 Å².